The summed E-state index contributed by atoms with van der Waals surface area (Å²) < 4.78 is 0. The second kappa shape index (κ2) is 12.4. The molecule has 2 aromatic carbocycles. The zero-order valence-electron chi connectivity index (χ0n) is 21.9. The van der Waals surface area contributed by atoms with Gasteiger partial charge in [0.2, 0.25) is 11.8 Å². The van der Waals surface area contributed by atoms with Crippen molar-refractivity contribution < 1.29 is 24.3 Å². The molecule has 4 rings (SSSR count). The number of halogens is 2. The van der Waals surface area contributed by atoms with Crippen LogP contribution in [0.3, 0.4) is 0 Å². The largest absolute Gasteiger partial charge is 0.478 e. The Kier molecular flexibility index (Phi) is 9.18. The summed E-state index contributed by atoms with van der Waals surface area (Å²) in [5.41, 5.74) is 1.22. The lowest BCUT2D eigenvalue weighted by atomic mass is 9.77. The fourth-order valence-electron chi connectivity index (χ4n) is 5.64. The van der Waals surface area contributed by atoms with Gasteiger partial charge < -0.3 is 20.2 Å². The first-order chi connectivity index (χ1) is 18.6. The molecule has 1 aliphatic heterocycles. The summed E-state index contributed by atoms with van der Waals surface area (Å²) in [6.07, 6.45) is 6.92. The number of rotatable bonds is 8. The van der Waals surface area contributed by atoms with E-state index in [1.54, 1.807) is 24.1 Å². The summed E-state index contributed by atoms with van der Waals surface area (Å²) in [6.45, 7) is 1.27. The molecule has 0 aromatic heterocycles. The number of piperidine rings is 1. The minimum atomic E-state index is -1.05. The number of carbonyl (C=O) groups is 4. The maximum absolute atomic E-state index is 13.6. The topological polar surface area (TPSA) is 107 Å². The number of benzene rings is 2. The van der Waals surface area contributed by atoms with Crippen LogP contribution in [0, 0.1) is 5.41 Å². The van der Waals surface area contributed by atoms with Gasteiger partial charge in [0.15, 0.2) is 0 Å². The average molecular weight is 575 g/mol. The predicted octanol–water partition coefficient (Wildman–Crippen LogP) is 5.42. The number of nitrogens with one attached hydrogen (secondary N) is 1. The highest BCUT2D eigenvalue weighted by molar-refractivity contribution is 6.35. The first kappa shape index (κ1) is 28.9. The normalized spacial score (nSPS) is 17.1. The van der Waals surface area contributed by atoms with Gasteiger partial charge in [0.05, 0.1) is 5.56 Å². The van der Waals surface area contributed by atoms with Gasteiger partial charge in [0.25, 0.3) is 5.91 Å². The number of carbonyl (C=O) groups excluding carboxylic acids is 3. The number of hydrogen-bond acceptors (Lipinski definition) is 4. The predicted molar refractivity (Wildman–Crippen MR) is 150 cm³/mol. The smallest absolute Gasteiger partial charge is 0.335 e. The highest BCUT2D eigenvalue weighted by Gasteiger charge is 2.39. The summed E-state index contributed by atoms with van der Waals surface area (Å²) in [7, 11) is 1.59. The summed E-state index contributed by atoms with van der Waals surface area (Å²) in [5, 5.41) is 12.5. The van der Waals surface area contributed by atoms with Crippen LogP contribution in [-0.2, 0) is 9.59 Å². The van der Waals surface area contributed by atoms with Crippen molar-refractivity contribution in [2.45, 2.75) is 57.4 Å². The third-order valence-corrected chi connectivity index (χ3v) is 8.49. The Hall–Kier alpha value is -3.10. The lowest BCUT2D eigenvalue weighted by Crippen LogP contribution is -2.52. The molecule has 2 aromatic rings. The van der Waals surface area contributed by atoms with Gasteiger partial charge in [-0.05, 0) is 80.0 Å². The van der Waals surface area contributed by atoms with Gasteiger partial charge in [-0.1, -0.05) is 36.0 Å². The molecule has 39 heavy (non-hydrogen) atoms. The Morgan fingerprint density at radius 1 is 0.949 bits per heavy atom. The standard InChI is InChI=1S/C29H33Cl2N3O5/c1-33(23-6-4-19(5-7-23)28(38)39)25(35)9-8-24(32-26(36)20-16-21(30)18-22(31)17-20)27(37)34-14-12-29(13-15-34)10-2-3-11-29/h4-7,16-18,24H,2-3,8-15H2,1H3,(H,32,36)(H,38,39)/t24-/m1/s1. The van der Waals surface area contributed by atoms with Gasteiger partial charge >= 0.3 is 5.97 Å². The molecule has 3 amide bonds. The molecule has 2 aliphatic rings. The Labute approximate surface area is 238 Å². The van der Waals surface area contributed by atoms with Crippen LogP contribution in [0.25, 0.3) is 0 Å². The van der Waals surface area contributed by atoms with E-state index in [0.29, 0.717) is 34.2 Å². The number of nitrogens with zero attached hydrogens (tertiary/aromatic N) is 2. The van der Waals surface area contributed by atoms with Crippen molar-refractivity contribution in [2.24, 2.45) is 5.41 Å². The minimum absolute atomic E-state index is 0.00193. The molecule has 2 fully saturated rings. The quantitative estimate of drug-likeness (QED) is 0.438. The van der Waals surface area contributed by atoms with Gasteiger partial charge in [0, 0.05) is 47.9 Å². The second-order valence-corrected chi connectivity index (χ2v) is 11.4. The van der Waals surface area contributed by atoms with Crippen molar-refractivity contribution >= 4 is 52.6 Å². The summed E-state index contributed by atoms with van der Waals surface area (Å²) in [5.74, 6) is -2.01. The molecule has 1 heterocycles. The number of amides is 3. The number of hydrogen-bond donors (Lipinski definition) is 2. The average Bonchev–Trinajstić information content (AvgIpc) is 3.37. The second-order valence-electron chi connectivity index (χ2n) is 10.6. The lowest BCUT2D eigenvalue weighted by Gasteiger charge is -2.40. The molecule has 1 saturated carbocycles. The minimum Gasteiger partial charge on any atom is -0.478 e. The molecular weight excluding hydrogens is 541 g/mol. The van der Waals surface area contributed by atoms with Crippen LogP contribution < -0.4 is 10.2 Å². The van der Waals surface area contributed by atoms with Crippen LogP contribution in [0.4, 0.5) is 5.69 Å². The van der Waals surface area contributed by atoms with E-state index < -0.39 is 17.9 Å². The Balaban J connectivity index is 1.45. The van der Waals surface area contributed by atoms with Crippen LogP contribution >= 0.6 is 23.2 Å². The van der Waals surface area contributed by atoms with Crippen molar-refractivity contribution in [3.8, 4) is 0 Å². The van der Waals surface area contributed by atoms with E-state index >= 15 is 0 Å². The molecule has 1 spiro atoms. The molecule has 0 bridgehead atoms. The third-order valence-electron chi connectivity index (χ3n) is 8.05. The van der Waals surface area contributed by atoms with E-state index in [0.717, 1.165) is 12.8 Å². The van der Waals surface area contributed by atoms with Crippen LogP contribution in [-0.4, -0.2) is 59.9 Å². The third kappa shape index (κ3) is 7.11. The van der Waals surface area contributed by atoms with Crippen molar-refractivity contribution in [3.63, 3.8) is 0 Å². The number of carboxylic acid groups (broad SMARTS) is 1. The van der Waals surface area contributed by atoms with Crippen LogP contribution in [0.15, 0.2) is 42.5 Å². The highest BCUT2D eigenvalue weighted by Crippen LogP contribution is 2.46. The van der Waals surface area contributed by atoms with E-state index in [4.69, 9.17) is 28.3 Å². The lowest BCUT2D eigenvalue weighted by molar-refractivity contribution is -0.135. The van der Waals surface area contributed by atoms with Gasteiger partial charge in [-0.15, -0.1) is 0 Å². The van der Waals surface area contributed by atoms with E-state index in [2.05, 4.69) is 5.32 Å². The molecule has 1 aliphatic carbocycles. The molecule has 8 nitrogen and oxygen atoms in total. The molecule has 1 atom stereocenters. The van der Waals surface area contributed by atoms with E-state index in [-0.39, 0.29) is 35.8 Å². The molecule has 10 heteroatoms. The van der Waals surface area contributed by atoms with E-state index in [1.165, 1.54) is 60.9 Å². The summed E-state index contributed by atoms with van der Waals surface area (Å²) >= 11 is 12.1. The fourth-order valence-corrected chi connectivity index (χ4v) is 6.16. The molecule has 1 saturated heterocycles. The Bertz CT molecular complexity index is 1210. The van der Waals surface area contributed by atoms with Crippen molar-refractivity contribution in [1.29, 1.82) is 0 Å². The summed E-state index contributed by atoms with van der Waals surface area (Å²) in [4.78, 5) is 54.1. The molecule has 0 unspecified atom stereocenters. The fraction of sp³-hybridized carbons (Fsp3) is 0.448. The summed E-state index contributed by atoms with van der Waals surface area (Å²) in [6, 6.07) is 9.55. The van der Waals surface area contributed by atoms with Crippen molar-refractivity contribution in [1.82, 2.24) is 10.2 Å². The van der Waals surface area contributed by atoms with E-state index in [9.17, 15) is 19.2 Å². The molecule has 2 N–H and O–H groups in total. The van der Waals surface area contributed by atoms with Gasteiger partial charge in [-0.25, -0.2) is 4.79 Å². The zero-order chi connectivity index (χ0) is 28.2. The number of aromatic carboxylic acids is 1. The van der Waals surface area contributed by atoms with E-state index in [1.807, 2.05) is 0 Å². The van der Waals surface area contributed by atoms with Crippen LogP contribution in [0.5, 0.6) is 0 Å². The number of likely N-dealkylation sites (tertiary alicyclic amines) is 1. The highest BCUT2D eigenvalue weighted by atomic mass is 35.5. The molecule has 0 radical (unpaired) electrons. The molecular formula is C29H33Cl2N3O5. The SMILES string of the molecule is CN(C(=O)CC[C@@H](NC(=O)c1cc(Cl)cc(Cl)c1)C(=O)N1CCC2(CCCC2)CC1)c1ccc(C(=O)O)cc1. The van der Waals surface area contributed by atoms with Gasteiger partial charge in [0.1, 0.15) is 6.04 Å². The van der Waals surface area contributed by atoms with Crippen molar-refractivity contribution in [3.05, 3.63) is 63.6 Å². The number of carboxylic acids is 1. The first-order valence-corrected chi connectivity index (χ1v) is 14.0. The van der Waals surface area contributed by atoms with Gasteiger partial charge in [-0.2, -0.15) is 0 Å². The van der Waals surface area contributed by atoms with Crippen LogP contribution in [0.1, 0.15) is 72.1 Å². The Morgan fingerprint density at radius 3 is 2.10 bits per heavy atom. The van der Waals surface area contributed by atoms with Crippen LogP contribution in [0.2, 0.25) is 10.0 Å². The number of anilines is 1. The Morgan fingerprint density at radius 2 is 1.54 bits per heavy atom. The maximum Gasteiger partial charge on any atom is 0.335 e. The zero-order valence-corrected chi connectivity index (χ0v) is 23.4. The maximum atomic E-state index is 13.6. The monoisotopic (exact) mass is 573 g/mol. The van der Waals surface area contributed by atoms with Crippen molar-refractivity contribution in [2.75, 3.05) is 25.0 Å². The first-order valence-electron chi connectivity index (χ1n) is 13.2. The van der Waals surface area contributed by atoms with Gasteiger partial charge in [-0.3, -0.25) is 14.4 Å². The molecule has 208 valence electrons.